The Balaban J connectivity index is 2.66. The summed E-state index contributed by atoms with van der Waals surface area (Å²) in [6.07, 6.45) is 0.426. The molecule has 0 unspecified atom stereocenters. The zero-order chi connectivity index (χ0) is 8.32. The molecular weight excluding hydrogens is 202 g/mol. The molecule has 1 aromatic rings. The van der Waals surface area contributed by atoms with Crippen LogP contribution in [-0.2, 0) is 6.42 Å². The van der Waals surface area contributed by atoms with E-state index in [9.17, 15) is 0 Å². The summed E-state index contributed by atoms with van der Waals surface area (Å²) in [7, 11) is 0. The van der Waals surface area contributed by atoms with Crippen LogP contribution in [0.4, 0.5) is 0 Å². The predicted octanol–water partition coefficient (Wildman–Crippen LogP) is 3.40. The third kappa shape index (κ3) is 3.85. The van der Waals surface area contributed by atoms with Crippen molar-refractivity contribution in [3.05, 3.63) is 35.9 Å². The van der Waals surface area contributed by atoms with Gasteiger partial charge in [-0.3, -0.25) is 0 Å². The van der Waals surface area contributed by atoms with Gasteiger partial charge in [0.1, 0.15) is 0 Å². The molecule has 59 valence electrons. The Morgan fingerprint density at radius 3 is 2.55 bits per heavy atom. The molecule has 0 N–H and O–H groups in total. The zero-order valence-electron chi connectivity index (χ0n) is 5.65. The summed E-state index contributed by atoms with van der Waals surface area (Å²) >= 11 is 16.8. The van der Waals surface area contributed by atoms with E-state index in [0.717, 1.165) is 5.56 Å². The highest BCUT2D eigenvalue weighted by molar-refractivity contribution is 6.67. The second kappa shape index (κ2) is 3.66. The van der Waals surface area contributed by atoms with Crippen molar-refractivity contribution in [2.45, 2.75) is 10.2 Å². The van der Waals surface area contributed by atoms with Crippen LogP contribution >= 0.6 is 34.8 Å². The van der Waals surface area contributed by atoms with Crippen molar-refractivity contribution in [1.29, 1.82) is 0 Å². The molecule has 0 bridgehead atoms. The Bertz CT molecular complexity index is 213. The standard InChI is InChI=1S/C8H6Cl3/c9-8(10,11)6-7-4-2-1-3-5-7/h1-2,4-5H,6H2. The summed E-state index contributed by atoms with van der Waals surface area (Å²) in [6.45, 7) is 0. The Morgan fingerprint density at radius 1 is 1.36 bits per heavy atom. The van der Waals surface area contributed by atoms with Crippen LogP contribution in [0.15, 0.2) is 24.3 Å². The fourth-order valence-corrected chi connectivity index (χ4v) is 1.23. The van der Waals surface area contributed by atoms with Crippen LogP contribution < -0.4 is 0 Å². The summed E-state index contributed by atoms with van der Waals surface area (Å²) in [4.78, 5) is 0. The summed E-state index contributed by atoms with van der Waals surface area (Å²) in [6, 6.07) is 10.3. The molecule has 0 nitrogen and oxygen atoms in total. The van der Waals surface area contributed by atoms with Crippen LogP contribution in [0.5, 0.6) is 0 Å². The van der Waals surface area contributed by atoms with E-state index in [1.54, 1.807) is 0 Å². The van der Waals surface area contributed by atoms with E-state index in [-0.39, 0.29) is 0 Å². The van der Waals surface area contributed by atoms with Crippen LogP contribution in [-0.4, -0.2) is 3.79 Å². The van der Waals surface area contributed by atoms with Crippen LogP contribution in [0.1, 0.15) is 5.56 Å². The molecule has 11 heavy (non-hydrogen) atoms. The average molecular weight is 208 g/mol. The van der Waals surface area contributed by atoms with Gasteiger partial charge in [-0.15, -0.1) is 0 Å². The molecule has 0 aliphatic carbocycles. The highest BCUT2D eigenvalue weighted by Crippen LogP contribution is 2.29. The van der Waals surface area contributed by atoms with Crippen molar-refractivity contribution in [3.63, 3.8) is 0 Å². The van der Waals surface area contributed by atoms with Gasteiger partial charge in [0, 0.05) is 6.42 Å². The van der Waals surface area contributed by atoms with Gasteiger partial charge in [0.25, 0.3) is 0 Å². The first-order chi connectivity index (χ1) is 5.08. The zero-order valence-corrected chi connectivity index (χ0v) is 7.92. The van der Waals surface area contributed by atoms with Crippen molar-refractivity contribution in [2.24, 2.45) is 0 Å². The Hall–Kier alpha value is 0.0900. The second-order valence-electron chi connectivity index (χ2n) is 2.20. The second-order valence-corrected chi connectivity index (χ2v) is 4.72. The Morgan fingerprint density at radius 2 is 2.09 bits per heavy atom. The molecule has 0 fully saturated rings. The third-order valence-electron chi connectivity index (χ3n) is 1.18. The normalized spacial score (nSPS) is 11.5. The van der Waals surface area contributed by atoms with Gasteiger partial charge in [-0.2, -0.15) is 0 Å². The monoisotopic (exact) mass is 207 g/mol. The summed E-state index contributed by atoms with van der Waals surface area (Å²) in [5, 5.41) is 0. The minimum absolute atomic E-state index is 0.426. The van der Waals surface area contributed by atoms with Crippen LogP contribution in [0, 0.1) is 6.07 Å². The molecule has 3 heteroatoms. The fraction of sp³-hybridized carbons (Fsp3) is 0.250. The fourth-order valence-electron chi connectivity index (χ4n) is 0.772. The third-order valence-corrected chi connectivity index (χ3v) is 1.58. The van der Waals surface area contributed by atoms with Gasteiger partial charge in [-0.25, -0.2) is 0 Å². The van der Waals surface area contributed by atoms with Crippen LogP contribution in [0.2, 0.25) is 0 Å². The Labute approximate surface area is 81.1 Å². The summed E-state index contributed by atoms with van der Waals surface area (Å²) in [5.41, 5.74) is 0.979. The maximum absolute atomic E-state index is 5.58. The highest BCUT2D eigenvalue weighted by atomic mass is 35.6. The minimum atomic E-state index is -1.20. The minimum Gasteiger partial charge on any atom is -0.0833 e. The lowest BCUT2D eigenvalue weighted by Gasteiger charge is -2.09. The number of rotatable bonds is 1. The quantitative estimate of drug-likeness (QED) is 0.621. The van der Waals surface area contributed by atoms with Gasteiger partial charge in [-0.05, 0) is 11.6 Å². The van der Waals surface area contributed by atoms with Gasteiger partial charge < -0.3 is 0 Å². The molecule has 1 aromatic carbocycles. The number of hydrogen-bond donors (Lipinski definition) is 0. The molecule has 1 radical (unpaired) electrons. The molecule has 0 spiro atoms. The van der Waals surface area contributed by atoms with Gasteiger partial charge in [-0.1, -0.05) is 59.1 Å². The molecule has 1 rings (SSSR count). The summed E-state index contributed by atoms with van der Waals surface area (Å²) in [5.74, 6) is 0. The molecule has 0 aliphatic rings. The van der Waals surface area contributed by atoms with E-state index >= 15 is 0 Å². The molecule has 0 atom stereocenters. The van der Waals surface area contributed by atoms with Crippen molar-refractivity contribution in [1.82, 2.24) is 0 Å². The van der Waals surface area contributed by atoms with E-state index in [0.29, 0.717) is 6.42 Å². The van der Waals surface area contributed by atoms with E-state index in [1.165, 1.54) is 0 Å². The number of halogens is 3. The first kappa shape index (κ1) is 9.18. The maximum atomic E-state index is 5.58. The average Bonchev–Trinajstić information content (AvgIpc) is 1.85. The van der Waals surface area contributed by atoms with Crippen molar-refractivity contribution >= 4 is 34.8 Å². The molecule has 0 aromatic heterocycles. The SMILES string of the molecule is ClC(Cl)(Cl)Cc1c[c]ccc1. The van der Waals surface area contributed by atoms with Crippen molar-refractivity contribution in [3.8, 4) is 0 Å². The molecular formula is C8H6Cl3. The number of hydrogen-bond acceptors (Lipinski definition) is 0. The maximum Gasteiger partial charge on any atom is 0.194 e. The van der Waals surface area contributed by atoms with Gasteiger partial charge in [0.05, 0.1) is 0 Å². The van der Waals surface area contributed by atoms with Gasteiger partial charge in [0.15, 0.2) is 3.79 Å². The molecule has 0 aliphatic heterocycles. The lowest BCUT2D eigenvalue weighted by Crippen LogP contribution is -2.06. The van der Waals surface area contributed by atoms with Gasteiger partial charge in [0.2, 0.25) is 0 Å². The number of benzene rings is 1. The summed E-state index contributed by atoms with van der Waals surface area (Å²) < 4.78 is -1.20. The van der Waals surface area contributed by atoms with E-state index in [2.05, 4.69) is 6.07 Å². The van der Waals surface area contributed by atoms with Gasteiger partial charge >= 0.3 is 0 Å². The van der Waals surface area contributed by atoms with Crippen LogP contribution in [0.3, 0.4) is 0 Å². The predicted molar refractivity (Wildman–Crippen MR) is 49.3 cm³/mol. The first-order valence-corrected chi connectivity index (χ1v) is 4.23. The molecule has 0 saturated carbocycles. The van der Waals surface area contributed by atoms with E-state index in [1.807, 2.05) is 24.3 Å². The lowest BCUT2D eigenvalue weighted by atomic mass is 10.2. The first-order valence-electron chi connectivity index (χ1n) is 3.10. The smallest absolute Gasteiger partial charge is 0.0833 e. The Kier molecular flexibility index (Phi) is 3.06. The molecule has 0 saturated heterocycles. The molecule has 0 amide bonds. The number of alkyl halides is 3. The lowest BCUT2D eigenvalue weighted by molar-refractivity contribution is 1.02. The van der Waals surface area contributed by atoms with Crippen molar-refractivity contribution in [2.75, 3.05) is 0 Å². The van der Waals surface area contributed by atoms with Crippen LogP contribution in [0.25, 0.3) is 0 Å². The van der Waals surface area contributed by atoms with E-state index < -0.39 is 3.79 Å². The van der Waals surface area contributed by atoms with E-state index in [4.69, 9.17) is 34.8 Å². The molecule has 0 heterocycles. The topological polar surface area (TPSA) is 0 Å². The van der Waals surface area contributed by atoms with Crippen molar-refractivity contribution < 1.29 is 0 Å². The highest BCUT2D eigenvalue weighted by Gasteiger charge is 2.19. The largest absolute Gasteiger partial charge is 0.194 e.